The fraction of sp³-hybridized carbons (Fsp3) is 0.588. The van der Waals surface area contributed by atoms with E-state index in [1.807, 2.05) is 32.0 Å². The standard InChI is InChI=1S/C17H26N2O3S/c1-4-13(2)15(19-23(3,21)22)16(20)18-12-17(10-11-17)14-8-6-5-7-9-14/h5-9,13,15,19H,4,10-12H2,1-3H3,(H,18,20)/t13-,15+/m1/s1. The summed E-state index contributed by atoms with van der Waals surface area (Å²) in [6.07, 6.45) is 3.90. The number of carbonyl (C=O) groups excluding carboxylic acids is 1. The second kappa shape index (κ2) is 7.01. The van der Waals surface area contributed by atoms with Gasteiger partial charge in [-0.25, -0.2) is 13.1 Å². The lowest BCUT2D eigenvalue weighted by atomic mass is 9.95. The Morgan fingerprint density at radius 2 is 1.87 bits per heavy atom. The SMILES string of the molecule is CC[C@@H](C)[C@H](NS(C)(=O)=O)C(=O)NCC1(c2ccccc2)CC1. The molecule has 1 aliphatic carbocycles. The van der Waals surface area contributed by atoms with E-state index in [2.05, 4.69) is 22.2 Å². The van der Waals surface area contributed by atoms with Crippen LogP contribution in [-0.4, -0.2) is 33.2 Å². The highest BCUT2D eigenvalue weighted by molar-refractivity contribution is 7.88. The maximum absolute atomic E-state index is 12.5. The number of hydrogen-bond acceptors (Lipinski definition) is 3. The van der Waals surface area contributed by atoms with Crippen molar-refractivity contribution < 1.29 is 13.2 Å². The Kier molecular flexibility index (Phi) is 5.47. The third-order valence-electron chi connectivity index (χ3n) is 4.68. The van der Waals surface area contributed by atoms with Gasteiger partial charge in [0.2, 0.25) is 15.9 Å². The largest absolute Gasteiger partial charge is 0.354 e. The molecule has 1 saturated carbocycles. The highest BCUT2D eigenvalue weighted by Gasteiger charge is 2.44. The number of carbonyl (C=O) groups is 1. The van der Waals surface area contributed by atoms with Gasteiger partial charge in [0.15, 0.2) is 0 Å². The van der Waals surface area contributed by atoms with Crippen molar-refractivity contribution in [3.8, 4) is 0 Å². The average molecular weight is 338 g/mol. The predicted molar refractivity (Wildman–Crippen MR) is 91.6 cm³/mol. The number of nitrogens with one attached hydrogen (secondary N) is 2. The number of amides is 1. The normalized spacial score (nSPS) is 18.9. The predicted octanol–water partition coefficient (Wildman–Crippen LogP) is 1.80. The lowest BCUT2D eigenvalue weighted by molar-refractivity contribution is -0.123. The van der Waals surface area contributed by atoms with Crippen molar-refractivity contribution in [3.63, 3.8) is 0 Å². The number of hydrogen-bond donors (Lipinski definition) is 2. The maximum Gasteiger partial charge on any atom is 0.238 e. The second-order valence-corrected chi connectivity index (χ2v) is 8.40. The first kappa shape index (κ1) is 17.9. The molecule has 128 valence electrons. The summed E-state index contributed by atoms with van der Waals surface area (Å²) in [4.78, 5) is 12.5. The number of sulfonamides is 1. The van der Waals surface area contributed by atoms with Crippen LogP contribution >= 0.6 is 0 Å². The topological polar surface area (TPSA) is 75.3 Å². The van der Waals surface area contributed by atoms with Gasteiger partial charge in [-0.3, -0.25) is 4.79 Å². The quantitative estimate of drug-likeness (QED) is 0.759. The van der Waals surface area contributed by atoms with Crippen LogP contribution in [0.4, 0.5) is 0 Å². The molecule has 23 heavy (non-hydrogen) atoms. The van der Waals surface area contributed by atoms with Gasteiger partial charge in [0.1, 0.15) is 6.04 Å². The summed E-state index contributed by atoms with van der Waals surface area (Å²) in [6.45, 7) is 4.38. The number of rotatable bonds is 8. The van der Waals surface area contributed by atoms with Crippen LogP contribution in [0.15, 0.2) is 30.3 Å². The van der Waals surface area contributed by atoms with E-state index in [0.717, 1.165) is 25.5 Å². The molecule has 0 saturated heterocycles. The molecule has 0 aliphatic heterocycles. The first-order valence-electron chi connectivity index (χ1n) is 8.08. The van der Waals surface area contributed by atoms with Crippen LogP contribution in [0.25, 0.3) is 0 Å². The lowest BCUT2D eigenvalue weighted by Crippen LogP contribution is -2.51. The Hall–Kier alpha value is -1.40. The minimum Gasteiger partial charge on any atom is -0.354 e. The van der Waals surface area contributed by atoms with E-state index in [9.17, 15) is 13.2 Å². The minimum absolute atomic E-state index is 0.0159. The summed E-state index contributed by atoms with van der Waals surface area (Å²) in [5.41, 5.74) is 1.25. The summed E-state index contributed by atoms with van der Waals surface area (Å²) < 4.78 is 25.5. The summed E-state index contributed by atoms with van der Waals surface area (Å²) in [5.74, 6) is -0.302. The van der Waals surface area contributed by atoms with Gasteiger partial charge in [-0.15, -0.1) is 0 Å². The van der Waals surface area contributed by atoms with Crippen molar-refractivity contribution in [2.24, 2.45) is 5.92 Å². The zero-order valence-electron chi connectivity index (χ0n) is 14.0. The van der Waals surface area contributed by atoms with Gasteiger partial charge < -0.3 is 5.32 Å². The van der Waals surface area contributed by atoms with E-state index in [1.165, 1.54) is 5.56 Å². The van der Waals surface area contributed by atoms with E-state index in [0.29, 0.717) is 6.54 Å². The first-order valence-corrected chi connectivity index (χ1v) is 9.97. The van der Waals surface area contributed by atoms with Crippen molar-refractivity contribution >= 4 is 15.9 Å². The Bertz CT molecular complexity index is 639. The van der Waals surface area contributed by atoms with E-state index >= 15 is 0 Å². The van der Waals surface area contributed by atoms with Crippen molar-refractivity contribution in [2.45, 2.75) is 44.6 Å². The fourth-order valence-electron chi connectivity index (χ4n) is 2.77. The molecule has 1 aromatic carbocycles. The third kappa shape index (κ3) is 4.78. The van der Waals surface area contributed by atoms with Crippen molar-refractivity contribution in [1.29, 1.82) is 0 Å². The molecule has 0 radical (unpaired) electrons. The monoisotopic (exact) mass is 338 g/mol. The summed E-state index contributed by atoms with van der Waals surface area (Å²) in [7, 11) is -3.42. The van der Waals surface area contributed by atoms with E-state index in [4.69, 9.17) is 0 Å². The fourth-order valence-corrected chi connectivity index (χ4v) is 3.57. The van der Waals surface area contributed by atoms with Gasteiger partial charge in [0.05, 0.1) is 6.26 Å². The lowest BCUT2D eigenvalue weighted by Gasteiger charge is -2.24. The van der Waals surface area contributed by atoms with Crippen molar-refractivity contribution in [1.82, 2.24) is 10.0 Å². The molecule has 5 nitrogen and oxygen atoms in total. The molecule has 2 N–H and O–H groups in total. The molecule has 0 aromatic heterocycles. The molecule has 0 spiro atoms. The van der Waals surface area contributed by atoms with Crippen molar-refractivity contribution in [2.75, 3.05) is 12.8 Å². The summed E-state index contributed by atoms with van der Waals surface area (Å²) in [5, 5.41) is 2.96. The highest BCUT2D eigenvalue weighted by atomic mass is 32.2. The van der Waals surface area contributed by atoms with Gasteiger partial charge in [-0.1, -0.05) is 50.6 Å². The molecule has 1 fully saturated rings. The van der Waals surface area contributed by atoms with Crippen LogP contribution in [0.1, 0.15) is 38.7 Å². The van der Waals surface area contributed by atoms with Crippen LogP contribution in [0.3, 0.4) is 0 Å². The molecule has 0 bridgehead atoms. The highest BCUT2D eigenvalue weighted by Crippen LogP contribution is 2.47. The smallest absolute Gasteiger partial charge is 0.238 e. The molecule has 0 heterocycles. The number of benzene rings is 1. The molecule has 2 rings (SSSR count). The van der Waals surface area contributed by atoms with E-state index in [1.54, 1.807) is 0 Å². The van der Waals surface area contributed by atoms with Crippen LogP contribution in [0.2, 0.25) is 0 Å². The maximum atomic E-state index is 12.5. The molecular weight excluding hydrogens is 312 g/mol. The zero-order valence-corrected chi connectivity index (χ0v) is 14.8. The van der Waals surface area contributed by atoms with Crippen LogP contribution in [0.5, 0.6) is 0 Å². The Morgan fingerprint density at radius 1 is 1.26 bits per heavy atom. The van der Waals surface area contributed by atoms with Gasteiger partial charge in [0.25, 0.3) is 0 Å². The molecule has 1 amide bonds. The van der Waals surface area contributed by atoms with Crippen LogP contribution < -0.4 is 10.0 Å². The molecule has 1 aromatic rings. The third-order valence-corrected chi connectivity index (χ3v) is 5.36. The molecular formula is C17H26N2O3S. The average Bonchev–Trinajstić information content (AvgIpc) is 3.31. The Morgan fingerprint density at radius 3 is 2.35 bits per heavy atom. The van der Waals surface area contributed by atoms with E-state index in [-0.39, 0.29) is 17.2 Å². The first-order chi connectivity index (χ1) is 10.8. The summed E-state index contributed by atoms with van der Waals surface area (Å²) in [6, 6.07) is 9.43. The molecule has 0 unspecified atom stereocenters. The minimum atomic E-state index is -3.42. The zero-order chi connectivity index (χ0) is 17.1. The van der Waals surface area contributed by atoms with Gasteiger partial charge in [-0.2, -0.15) is 0 Å². The van der Waals surface area contributed by atoms with Crippen LogP contribution in [-0.2, 0) is 20.2 Å². The van der Waals surface area contributed by atoms with Crippen molar-refractivity contribution in [3.05, 3.63) is 35.9 Å². The van der Waals surface area contributed by atoms with Gasteiger partial charge in [-0.05, 0) is 24.3 Å². The van der Waals surface area contributed by atoms with Gasteiger partial charge in [0, 0.05) is 12.0 Å². The summed E-state index contributed by atoms with van der Waals surface area (Å²) >= 11 is 0. The Labute approximate surface area is 138 Å². The molecule has 6 heteroatoms. The Balaban J connectivity index is 2.02. The van der Waals surface area contributed by atoms with Crippen LogP contribution in [0, 0.1) is 5.92 Å². The van der Waals surface area contributed by atoms with E-state index < -0.39 is 16.1 Å². The van der Waals surface area contributed by atoms with Gasteiger partial charge >= 0.3 is 0 Å². The second-order valence-electron chi connectivity index (χ2n) is 6.62. The molecule has 1 aliphatic rings. The molecule has 2 atom stereocenters.